The number of carbonyl (C=O) groups excluding carboxylic acids is 2. The molecule has 0 aromatic heterocycles. The SMILES string of the molecule is CC(=O)NC(C)C(=O)N[C@@H](CC(C)C)C(C)C. The fourth-order valence-corrected chi connectivity index (χ4v) is 1.68. The van der Waals surface area contributed by atoms with E-state index >= 15 is 0 Å². The molecule has 4 heteroatoms. The topological polar surface area (TPSA) is 58.2 Å². The molecule has 0 spiro atoms. The first kappa shape index (κ1) is 15.9. The Morgan fingerprint density at radius 3 is 1.88 bits per heavy atom. The fraction of sp³-hybridized carbons (Fsp3) is 0.846. The van der Waals surface area contributed by atoms with Crippen LogP contribution >= 0.6 is 0 Å². The van der Waals surface area contributed by atoms with Crippen LogP contribution in [-0.2, 0) is 9.59 Å². The van der Waals surface area contributed by atoms with Crippen LogP contribution in [0.25, 0.3) is 0 Å². The molecule has 0 aliphatic carbocycles. The molecule has 0 aliphatic heterocycles. The Kier molecular flexibility index (Phi) is 6.85. The molecule has 0 heterocycles. The third-order valence-corrected chi connectivity index (χ3v) is 2.67. The lowest BCUT2D eigenvalue weighted by Gasteiger charge is -2.26. The van der Waals surface area contributed by atoms with Gasteiger partial charge in [-0.25, -0.2) is 0 Å². The zero-order valence-corrected chi connectivity index (χ0v) is 11.8. The molecule has 2 amide bonds. The Bertz CT molecular complexity index is 262. The number of nitrogens with one attached hydrogen (secondary N) is 2. The average molecular weight is 242 g/mol. The van der Waals surface area contributed by atoms with Crippen LogP contribution < -0.4 is 10.6 Å². The minimum absolute atomic E-state index is 0.112. The van der Waals surface area contributed by atoms with Crippen molar-refractivity contribution in [2.24, 2.45) is 11.8 Å². The molecule has 1 unspecified atom stereocenters. The molecule has 2 atom stereocenters. The van der Waals surface area contributed by atoms with E-state index in [4.69, 9.17) is 0 Å². The Labute approximate surface area is 105 Å². The molecule has 0 saturated carbocycles. The van der Waals surface area contributed by atoms with Crippen LogP contribution in [0.2, 0.25) is 0 Å². The highest BCUT2D eigenvalue weighted by atomic mass is 16.2. The van der Waals surface area contributed by atoms with Crippen LogP contribution in [0.5, 0.6) is 0 Å². The van der Waals surface area contributed by atoms with Gasteiger partial charge in [-0.2, -0.15) is 0 Å². The van der Waals surface area contributed by atoms with Crippen LogP contribution in [0.3, 0.4) is 0 Å². The van der Waals surface area contributed by atoms with Crippen LogP contribution in [0.15, 0.2) is 0 Å². The molecule has 17 heavy (non-hydrogen) atoms. The van der Waals surface area contributed by atoms with Gasteiger partial charge in [0.05, 0.1) is 0 Å². The zero-order chi connectivity index (χ0) is 13.6. The highest BCUT2D eigenvalue weighted by molar-refractivity contribution is 5.86. The predicted octanol–water partition coefficient (Wildman–Crippen LogP) is 1.70. The van der Waals surface area contributed by atoms with Crippen LogP contribution in [-0.4, -0.2) is 23.9 Å². The summed E-state index contributed by atoms with van der Waals surface area (Å²) in [7, 11) is 0. The lowest BCUT2D eigenvalue weighted by Crippen LogP contribution is -2.49. The molecule has 0 fully saturated rings. The number of carbonyl (C=O) groups is 2. The van der Waals surface area contributed by atoms with E-state index < -0.39 is 6.04 Å². The van der Waals surface area contributed by atoms with E-state index in [-0.39, 0.29) is 17.9 Å². The van der Waals surface area contributed by atoms with Gasteiger partial charge in [-0.1, -0.05) is 27.7 Å². The second-order valence-electron chi connectivity index (χ2n) is 5.41. The maximum absolute atomic E-state index is 11.8. The molecular formula is C13H26N2O2. The summed E-state index contributed by atoms with van der Waals surface area (Å²) in [6.07, 6.45) is 0.955. The third kappa shape index (κ3) is 6.97. The van der Waals surface area contributed by atoms with Crippen LogP contribution in [0.4, 0.5) is 0 Å². The standard InChI is InChI=1S/C13H26N2O2/c1-8(2)7-12(9(3)4)15-13(17)10(5)14-11(6)16/h8-10,12H,7H2,1-6H3,(H,14,16)(H,15,17)/t10?,12-/m0/s1. The number of rotatable bonds is 6. The van der Waals surface area contributed by atoms with E-state index in [9.17, 15) is 9.59 Å². The largest absolute Gasteiger partial charge is 0.351 e. The summed E-state index contributed by atoms with van der Waals surface area (Å²) in [5.74, 6) is 0.641. The summed E-state index contributed by atoms with van der Waals surface area (Å²) >= 11 is 0. The minimum Gasteiger partial charge on any atom is -0.351 e. The van der Waals surface area contributed by atoms with Gasteiger partial charge in [-0.3, -0.25) is 9.59 Å². The Hall–Kier alpha value is -1.06. The van der Waals surface area contributed by atoms with Gasteiger partial charge in [0, 0.05) is 13.0 Å². The van der Waals surface area contributed by atoms with Gasteiger partial charge in [-0.15, -0.1) is 0 Å². The van der Waals surface area contributed by atoms with E-state index in [1.807, 2.05) is 0 Å². The fourth-order valence-electron chi connectivity index (χ4n) is 1.68. The first-order chi connectivity index (χ1) is 7.73. The van der Waals surface area contributed by atoms with E-state index in [1.54, 1.807) is 6.92 Å². The zero-order valence-electron chi connectivity index (χ0n) is 11.8. The lowest BCUT2D eigenvalue weighted by molar-refractivity contribution is -0.128. The first-order valence-electron chi connectivity index (χ1n) is 6.31. The van der Waals surface area contributed by atoms with Crippen LogP contribution in [0.1, 0.15) is 48.0 Å². The minimum atomic E-state index is -0.471. The van der Waals surface area contributed by atoms with Gasteiger partial charge in [-0.05, 0) is 25.2 Å². The van der Waals surface area contributed by atoms with Crippen LogP contribution in [0, 0.1) is 11.8 Å². The van der Waals surface area contributed by atoms with Gasteiger partial charge in [0.25, 0.3) is 0 Å². The maximum Gasteiger partial charge on any atom is 0.242 e. The summed E-state index contributed by atoms with van der Waals surface area (Å²) in [5, 5.41) is 5.59. The summed E-state index contributed by atoms with van der Waals surface area (Å²) in [5.41, 5.74) is 0. The van der Waals surface area contributed by atoms with Crippen molar-refractivity contribution in [2.45, 2.75) is 60.0 Å². The third-order valence-electron chi connectivity index (χ3n) is 2.67. The van der Waals surface area contributed by atoms with Gasteiger partial charge >= 0.3 is 0 Å². The summed E-state index contributed by atoms with van der Waals surface area (Å²) < 4.78 is 0. The van der Waals surface area contributed by atoms with Crippen molar-refractivity contribution < 1.29 is 9.59 Å². The molecule has 0 aromatic carbocycles. The number of hydrogen-bond donors (Lipinski definition) is 2. The van der Waals surface area contributed by atoms with E-state index in [2.05, 4.69) is 38.3 Å². The Morgan fingerprint density at radius 2 is 1.53 bits per heavy atom. The predicted molar refractivity (Wildman–Crippen MR) is 69.5 cm³/mol. The van der Waals surface area contributed by atoms with E-state index in [0.717, 1.165) is 6.42 Å². The number of hydrogen-bond acceptors (Lipinski definition) is 2. The normalized spacial score (nSPS) is 14.6. The average Bonchev–Trinajstić information content (AvgIpc) is 2.14. The smallest absolute Gasteiger partial charge is 0.242 e. The van der Waals surface area contributed by atoms with Crippen molar-refractivity contribution in [2.75, 3.05) is 0 Å². The quantitative estimate of drug-likeness (QED) is 0.745. The molecule has 0 aliphatic rings. The van der Waals surface area contributed by atoms with Gasteiger partial charge in [0.1, 0.15) is 6.04 Å². The highest BCUT2D eigenvalue weighted by Gasteiger charge is 2.21. The molecule has 0 saturated heterocycles. The summed E-state index contributed by atoms with van der Waals surface area (Å²) in [6, 6.07) is -0.306. The van der Waals surface area contributed by atoms with Gasteiger partial charge in [0.2, 0.25) is 11.8 Å². The molecule has 2 N–H and O–H groups in total. The second-order valence-corrected chi connectivity index (χ2v) is 5.41. The Balaban J connectivity index is 4.34. The van der Waals surface area contributed by atoms with Crippen molar-refractivity contribution in [3.8, 4) is 0 Å². The second kappa shape index (κ2) is 7.30. The van der Waals surface area contributed by atoms with Gasteiger partial charge in [0.15, 0.2) is 0 Å². The molecule has 100 valence electrons. The van der Waals surface area contributed by atoms with Crippen molar-refractivity contribution in [3.05, 3.63) is 0 Å². The molecular weight excluding hydrogens is 216 g/mol. The van der Waals surface area contributed by atoms with E-state index in [0.29, 0.717) is 11.8 Å². The maximum atomic E-state index is 11.8. The molecule has 0 bridgehead atoms. The van der Waals surface area contributed by atoms with Crippen molar-refractivity contribution in [1.29, 1.82) is 0 Å². The summed E-state index contributed by atoms with van der Waals surface area (Å²) in [6.45, 7) is 11.6. The molecule has 0 rings (SSSR count). The summed E-state index contributed by atoms with van der Waals surface area (Å²) in [4.78, 5) is 22.7. The highest BCUT2D eigenvalue weighted by Crippen LogP contribution is 2.12. The lowest BCUT2D eigenvalue weighted by atomic mass is 9.94. The Morgan fingerprint density at radius 1 is 1.00 bits per heavy atom. The molecule has 0 radical (unpaired) electrons. The van der Waals surface area contributed by atoms with Gasteiger partial charge < -0.3 is 10.6 Å². The monoisotopic (exact) mass is 242 g/mol. The molecule has 4 nitrogen and oxygen atoms in total. The van der Waals surface area contributed by atoms with Crippen molar-refractivity contribution in [3.63, 3.8) is 0 Å². The molecule has 0 aromatic rings. The van der Waals surface area contributed by atoms with Crippen molar-refractivity contribution in [1.82, 2.24) is 10.6 Å². The van der Waals surface area contributed by atoms with Crippen molar-refractivity contribution >= 4 is 11.8 Å². The first-order valence-corrected chi connectivity index (χ1v) is 6.31. The van der Waals surface area contributed by atoms with E-state index in [1.165, 1.54) is 6.92 Å². The number of amides is 2.